The molecule has 0 heterocycles. The van der Waals surface area contributed by atoms with Crippen molar-refractivity contribution >= 4 is 19.2 Å². The molecule has 1 unspecified atom stereocenters. The fraction of sp³-hybridized carbons (Fsp3) is 0.556. The minimum absolute atomic E-state index is 0.0568. The molecule has 1 atom stereocenters. The molecule has 2 N–H and O–H groups in total. The van der Waals surface area contributed by atoms with Crippen molar-refractivity contribution in [1.29, 1.82) is 0 Å². The highest BCUT2D eigenvalue weighted by Gasteiger charge is 2.16. The lowest BCUT2D eigenvalue weighted by atomic mass is 10.2. The Morgan fingerprint density at radius 1 is 1.38 bits per heavy atom. The summed E-state index contributed by atoms with van der Waals surface area (Å²) >= 11 is 0. The van der Waals surface area contributed by atoms with E-state index >= 15 is 0 Å². The number of methoxy groups -OCH3 is 1. The first kappa shape index (κ1) is 14.9. The van der Waals surface area contributed by atoms with E-state index in [1.807, 2.05) is 0 Å². The van der Waals surface area contributed by atoms with E-state index in [-0.39, 0.29) is 18.2 Å². The molecule has 92 valence electrons. The van der Waals surface area contributed by atoms with Crippen LogP contribution in [0.15, 0.2) is 11.6 Å². The Bertz CT molecular complexity index is 350. The van der Waals surface area contributed by atoms with Gasteiger partial charge in [0.1, 0.15) is 0 Å². The number of esters is 1. The molecular weight excluding hydrogens is 233 g/mol. The standard InChI is InChI=1S/C9H16NO5P/c1-14-9(12)7(6-8(10)11)4-5-16(3,13)15-2/h4H,5-6H2,1-3H3,(H2,10,11). The molecular formula is C9H16NO5P. The molecule has 7 heteroatoms. The highest BCUT2D eigenvalue weighted by Crippen LogP contribution is 2.41. The number of amides is 1. The number of carbonyl (C=O) groups is 2. The van der Waals surface area contributed by atoms with Gasteiger partial charge in [-0.2, -0.15) is 0 Å². The zero-order valence-electron chi connectivity index (χ0n) is 9.56. The van der Waals surface area contributed by atoms with Crippen molar-refractivity contribution in [1.82, 2.24) is 0 Å². The summed E-state index contributed by atoms with van der Waals surface area (Å²) in [5.74, 6) is -1.31. The van der Waals surface area contributed by atoms with Crippen molar-refractivity contribution in [2.24, 2.45) is 5.73 Å². The molecule has 0 aliphatic heterocycles. The maximum atomic E-state index is 11.5. The van der Waals surface area contributed by atoms with Crippen LogP contribution in [0.5, 0.6) is 0 Å². The Morgan fingerprint density at radius 2 is 1.94 bits per heavy atom. The molecule has 0 rings (SSSR count). The van der Waals surface area contributed by atoms with Crippen molar-refractivity contribution < 1.29 is 23.4 Å². The van der Waals surface area contributed by atoms with Crippen LogP contribution in [0.25, 0.3) is 0 Å². The Morgan fingerprint density at radius 3 is 2.31 bits per heavy atom. The second kappa shape index (κ2) is 6.45. The lowest BCUT2D eigenvalue weighted by Crippen LogP contribution is -2.16. The zero-order valence-corrected chi connectivity index (χ0v) is 10.5. The molecule has 0 aliphatic rings. The number of allylic oxidation sites excluding steroid dienone is 1. The summed E-state index contributed by atoms with van der Waals surface area (Å²) < 4.78 is 20.8. The van der Waals surface area contributed by atoms with Crippen LogP contribution >= 0.6 is 7.37 Å². The van der Waals surface area contributed by atoms with Gasteiger partial charge in [0.05, 0.1) is 13.5 Å². The van der Waals surface area contributed by atoms with E-state index in [0.717, 1.165) is 0 Å². The number of rotatable bonds is 6. The maximum absolute atomic E-state index is 11.5. The number of hydrogen-bond acceptors (Lipinski definition) is 5. The molecule has 6 nitrogen and oxygen atoms in total. The van der Waals surface area contributed by atoms with Crippen LogP contribution < -0.4 is 5.73 Å². The number of primary amides is 1. The van der Waals surface area contributed by atoms with Gasteiger partial charge in [-0.15, -0.1) is 0 Å². The van der Waals surface area contributed by atoms with Crippen molar-refractivity contribution in [2.75, 3.05) is 27.0 Å². The molecule has 0 radical (unpaired) electrons. The van der Waals surface area contributed by atoms with Gasteiger partial charge >= 0.3 is 5.97 Å². The van der Waals surface area contributed by atoms with Gasteiger partial charge in [-0.25, -0.2) is 4.79 Å². The smallest absolute Gasteiger partial charge is 0.333 e. The monoisotopic (exact) mass is 249 g/mol. The van der Waals surface area contributed by atoms with Crippen molar-refractivity contribution in [3.05, 3.63) is 11.6 Å². The zero-order chi connectivity index (χ0) is 12.8. The van der Waals surface area contributed by atoms with Gasteiger partial charge in [0.2, 0.25) is 13.3 Å². The third-order valence-corrected chi connectivity index (χ3v) is 3.49. The Kier molecular flexibility index (Phi) is 6.00. The van der Waals surface area contributed by atoms with Crippen LogP contribution in [0.2, 0.25) is 0 Å². The first-order valence-corrected chi connectivity index (χ1v) is 6.76. The van der Waals surface area contributed by atoms with Gasteiger partial charge in [-0.1, -0.05) is 6.08 Å². The summed E-state index contributed by atoms with van der Waals surface area (Å²) in [5, 5.41) is 0. The number of hydrogen-bond donors (Lipinski definition) is 1. The summed E-state index contributed by atoms with van der Waals surface area (Å²) in [7, 11) is -0.244. The highest BCUT2D eigenvalue weighted by molar-refractivity contribution is 7.58. The van der Waals surface area contributed by atoms with Crippen LogP contribution in [-0.4, -0.2) is 38.9 Å². The lowest BCUT2D eigenvalue weighted by Gasteiger charge is -2.08. The van der Waals surface area contributed by atoms with Gasteiger partial charge in [0.25, 0.3) is 0 Å². The Labute approximate surface area is 94.2 Å². The molecule has 0 bridgehead atoms. The summed E-state index contributed by atoms with van der Waals surface area (Å²) in [6.07, 6.45) is 1.18. The van der Waals surface area contributed by atoms with E-state index in [1.165, 1.54) is 27.0 Å². The summed E-state index contributed by atoms with van der Waals surface area (Å²) in [6, 6.07) is 0. The van der Waals surface area contributed by atoms with Gasteiger partial charge in [0, 0.05) is 25.5 Å². The van der Waals surface area contributed by atoms with Crippen LogP contribution in [0.4, 0.5) is 0 Å². The van der Waals surface area contributed by atoms with Gasteiger partial charge in [-0.3, -0.25) is 9.36 Å². The Hall–Kier alpha value is -1.13. The predicted octanol–water partition coefficient (Wildman–Crippen LogP) is 0.515. The maximum Gasteiger partial charge on any atom is 0.333 e. The third kappa shape index (κ3) is 5.68. The van der Waals surface area contributed by atoms with Gasteiger partial charge < -0.3 is 15.0 Å². The van der Waals surface area contributed by atoms with Crippen LogP contribution in [-0.2, 0) is 23.4 Å². The molecule has 0 fully saturated rings. The summed E-state index contributed by atoms with van der Waals surface area (Å²) in [6.45, 7) is 1.43. The predicted molar refractivity (Wildman–Crippen MR) is 59.3 cm³/mol. The minimum Gasteiger partial charge on any atom is -0.466 e. The van der Waals surface area contributed by atoms with Crippen LogP contribution in [0.1, 0.15) is 6.42 Å². The first-order valence-electron chi connectivity index (χ1n) is 4.50. The van der Waals surface area contributed by atoms with Crippen LogP contribution in [0.3, 0.4) is 0 Å². The lowest BCUT2D eigenvalue weighted by molar-refractivity contribution is -0.137. The highest BCUT2D eigenvalue weighted by atomic mass is 31.2. The minimum atomic E-state index is -2.76. The fourth-order valence-electron chi connectivity index (χ4n) is 0.897. The molecule has 0 aromatic rings. The van der Waals surface area contributed by atoms with E-state index in [9.17, 15) is 14.2 Å². The van der Waals surface area contributed by atoms with Crippen molar-refractivity contribution in [2.45, 2.75) is 6.42 Å². The number of carbonyl (C=O) groups excluding carboxylic acids is 2. The molecule has 0 spiro atoms. The molecule has 16 heavy (non-hydrogen) atoms. The molecule has 0 saturated carbocycles. The van der Waals surface area contributed by atoms with Crippen LogP contribution in [0, 0.1) is 0 Å². The molecule has 0 aromatic carbocycles. The SMILES string of the molecule is COC(=O)C(=CCP(C)(=O)OC)CC(N)=O. The second-order valence-corrected chi connectivity index (χ2v) is 6.00. The largest absolute Gasteiger partial charge is 0.466 e. The molecule has 1 amide bonds. The summed E-state index contributed by atoms with van der Waals surface area (Å²) in [4.78, 5) is 21.9. The summed E-state index contributed by atoms with van der Waals surface area (Å²) in [5.41, 5.74) is 5.06. The normalized spacial score (nSPS) is 15.3. The molecule has 0 saturated heterocycles. The topological polar surface area (TPSA) is 95.7 Å². The quantitative estimate of drug-likeness (QED) is 0.420. The second-order valence-electron chi connectivity index (χ2n) is 3.24. The average molecular weight is 249 g/mol. The van der Waals surface area contributed by atoms with E-state index in [1.54, 1.807) is 0 Å². The van der Waals surface area contributed by atoms with E-state index in [0.29, 0.717) is 0 Å². The average Bonchev–Trinajstić information content (AvgIpc) is 2.22. The van der Waals surface area contributed by atoms with Crippen molar-refractivity contribution in [3.8, 4) is 0 Å². The third-order valence-electron chi connectivity index (χ3n) is 1.87. The van der Waals surface area contributed by atoms with E-state index in [4.69, 9.17) is 10.3 Å². The molecule has 0 aliphatic carbocycles. The number of nitrogens with two attached hydrogens (primary N) is 1. The first-order chi connectivity index (χ1) is 7.32. The Balaban J connectivity index is 4.76. The van der Waals surface area contributed by atoms with Crippen molar-refractivity contribution in [3.63, 3.8) is 0 Å². The van der Waals surface area contributed by atoms with E-state index < -0.39 is 19.2 Å². The molecule has 0 aromatic heterocycles. The van der Waals surface area contributed by atoms with Gasteiger partial charge in [-0.05, 0) is 0 Å². The fourth-order valence-corrected chi connectivity index (χ4v) is 1.60. The number of ether oxygens (including phenoxy) is 1. The van der Waals surface area contributed by atoms with Gasteiger partial charge in [0.15, 0.2) is 0 Å². The van der Waals surface area contributed by atoms with E-state index in [2.05, 4.69) is 4.74 Å².